The lowest BCUT2D eigenvalue weighted by Crippen LogP contribution is -2.46. The van der Waals surface area contributed by atoms with Crippen LogP contribution < -0.4 is 5.32 Å². The SMILES string of the molecule is CCCCCCCCCCCCCCCCCCCCCC(O)C(CO)NC(=O)CC(O)CCCCCCCCCCCCC. The Hall–Kier alpha value is -0.650. The van der Waals surface area contributed by atoms with E-state index in [0.29, 0.717) is 12.8 Å². The first-order chi connectivity index (χ1) is 22.0. The van der Waals surface area contributed by atoms with Crippen LogP contribution in [0.2, 0.25) is 0 Å². The highest BCUT2D eigenvalue weighted by Crippen LogP contribution is 2.16. The summed E-state index contributed by atoms with van der Waals surface area (Å²) in [7, 11) is 0. The maximum Gasteiger partial charge on any atom is 0.222 e. The lowest BCUT2D eigenvalue weighted by atomic mass is 10.0. The predicted molar refractivity (Wildman–Crippen MR) is 195 cm³/mol. The van der Waals surface area contributed by atoms with Gasteiger partial charge in [0.2, 0.25) is 5.91 Å². The third-order valence-corrected chi connectivity index (χ3v) is 9.67. The van der Waals surface area contributed by atoms with Crippen LogP contribution in [0.4, 0.5) is 0 Å². The molecule has 0 fully saturated rings. The van der Waals surface area contributed by atoms with Gasteiger partial charge in [0.15, 0.2) is 0 Å². The maximum atomic E-state index is 12.4. The zero-order chi connectivity index (χ0) is 33.1. The van der Waals surface area contributed by atoms with Crippen LogP contribution in [-0.2, 0) is 4.79 Å². The number of hydrogen-bond acceptors (Lipinski definition) is 4. The molecule has 0 aliphatic heterocycles. The second-order valence-electron chi connectivity index (χ2n) is 14.3. The molecule has 0 aromatic rings. The highest BCUT2D eigenvalue weighted by molar-refractivity contribution is 5.76. The maximum absolute atomic E-state index is 12.4. The summed E-state index contributed by atoms with van der Waals surface area (Å²) in [5.41, 5.74) is 0. The van der Waals surface area contributed by atoms with Gasteiger partial charge in [-0.1, -0.05) is 206 Å². The normalized spacial score (nSPS) is 13.6. The van der Waals surface area contributed by atoms with Gasteiger partial charge in [-0.25, -0.2) is 0 Å². The van der Waals surface area contributed by atoms with Crippen LogP contribution in [0.1, 0.15) is 226 Å². The Kier molecular flexibility index (Phi) is 35.7. The molecule has 5 nitrogen and oxygen atoms in total. The van der Waals surface area contributed by atoms with Crippen LogP contribution in [-0.4, -0.2) is 46.1 Å². The fraction of sp³-hybridized carbons (Fsp3) is 0.975. The molecule has 4 N–H and O–H groups in total. The minimum atomic E-state index is -0.742. The average molecular weight is 640 g/mol. The van der Waals surface area contributed by atoms with E-state index in [1.165, 1.54) is 167 Å². The van der Waals surface area contributed by atoms with Gasteiger partial charge in [-0.05, 0) is 12.8 Å². The van der Waals surface area contributed by atoms with Crippen molar-refractivity contribution in [2.24, 2.45) is 0 Å². The van der Waals surface area contributed by atoms with Crippen molar-refractivity contribution in [2.45, 2.75) is 244 Å². The van der Waals surface area contributed by atoms with Crippen molar-refractivity contribution in [3.8, 4) is 0 Å². The highest BCUT2D eigenvalue weighted by Gasteiger charge is 2.21. The van der Waals surface area contributed by atoms with Gasteiger partial charge in [-0.3, -0.25) is 4.79 Å². The number of unbranched alkanes of at least 4 members (excludes halogenated alkanes) is 28. The van der Waals surface area contributed by atoms with Crippen LogP contribution >= 0.6 is 0 Å². The van der Waals surface area contributed by atoms with Gasteiger partial charge in [0.05, 0.1) is 31.3 Å². The highest BCUT2D eigenvalue weighted by atomic mass is 16.3. The van der Waals surface area contributed by atoms with E-state index >= 15 is 0 Å². The molecule has 0 saturated heterocycles. The van der Waals surface area contributed by atoms with E-state index in [4.69, 9.17) is 0 Å². The molecule has 0 heterocycles. The molecule has 0 bridgehead atoms. The summed E-state index contributed by atoms with van der Waals surface area (Å²) in [4.78, 5) is 12.4. The monoisotopic (exact) mass is 640 g/mol. The Bertz CT molecular complexity index is 587. The number of rotatable bonds is 37. The number of carbonyl (C=O) groups excluding carboxylic acids is 1. The summed E-state index contributed by atoms with van der Waals surface area (Å²) in [5, 5.41) is 33.3. The van der Waals surface area contributed by atoms with E-state index in [2.05, 4.69) is 19.2 Å². The van der Waals surface area contributed by atoms with Gasteiger partial charge >= 0.3 is 0 Å². The molecule has 0 saturated carbocycles. The molecular weight excluding hydrogens is 558 g/mol. The Morgan fingerprint density at radius 3 is 1.07 bits per heavy atom. The van der Waals surface area contributed by atoms with E-state index < -0.39 is 18.2 Å². The quantitative estimate of drug-likeness (QED) is 0.0509. The van der Waals surface area contributed by atoms with Crippen molar-refractivity contribution < 1.29 is 20.1 Å². The molecule has 45 heavy (non-hydrogen) atoms. The molecular formula is C40H81NO4. The fourth-order valence-corrected chi connectivity index (χ4v) is 6.52. The van der Waals surface area contributed by atoms with E-state index in [9.17, 15) is 20.1 Å². The molecule has 3 atom stereocenters. The molecule has 5 heteroatoms. The predicted octanol–water partition coefficient (Wildman–Crippen LogP) is 11.1. The molecule has 3 unspecified atom stereocenters. The van der Waals surface area contributed by atoms with Gasteiger partial charge in [-0.15, -0.1) is 0 Å². The number of carbonyl (C=O) groups is 1. The summed E-state index contributed by atoms with van der Waals surface area (Å²) in [6.07, 6.45) is 39.2. The van der Waals surface area contributed by atoms with Gasteiger partial charge in [0.25, 0.3) is 0 Å². The number of nitrogens with one attached hydrogen (secondary N) is 1. The van der Waals surface area contributed by atoms with Crippen molar-refractivity contribution in [3.05, 3.63) is 0 Å². The third-order valence-electron chi connectivity index (χ3n) is 9.67. The van der Waals surface area contributed by atoms with Crippen molar-refractivity contribution in [1.29, 1.82) is 0 Å². The smallest absolute Gasteiger partial charge is 0.222 e. The lowest BCUT2D eigenvalue weighted by Gasteiger charge is -2.23. The van der Waals surface area contributed by atoms with Gasteiger partial charge in [-0.2, -0.15) is 0 Å². The number of aliphatic hydroxyl groups is 3. The average Bonchev–Trinajstić information content (AvgIpc) is 3.03. The van der Waals surface area contributed by atoms with Gasteiger partial charge in [0.1, 0.15) is 0 Å². The van der Waals surface area contributed by atoms with Crippen LogP contribution in [0.25, 0.3) is 0 Å². The number of aliphatic hydroxyl groups excluding tert-OH is 3. The second kappa shape index (κ2) is 36.2. The molecule has 0 aliphatic rings. The van der Waals surface area contributed by atoms with Gasteiger partial charge in [0, 0.05) is 0 Å². The van der Waals surface area contributed by atoms with Crippen molar-refractivity contribution in [3.63, 3.8) is 0 Å². The Morgan fingerprint density at radius 2 is 0.756 bits per heavy atom. The van der Waals surface area contributed by atoms with E-state index in [1.54, 1.807) is 0 Å². The molecule has 0 spiro atoms. The zero-order valence-corrected chi connectivity index (χ0v) is 30.5. The molecule has 0 aromatic carbocycles. The molecule has 0 rings (SSSR count). The molecule has 0 radical (unpaired) electrons. The Morgan fingerprint density at radius 1 is 0.467 bits per heavy atom. The van der Waals surface area contributed by atoms with E-state index in [-0.39, 0.29) is 18.9 Å². The summed E-state index contributed by atoms with van der Waals surface area (Å²) in [6.45, 7) is 4.26. The van der Waals surface area contributed by atoms with Crippen molar-refractivity contribution in [2.75, 3.05) is 6.61 Å². The van der Waals surface area contributed by atoms with Crippen LogP contribution in [0.3, 0.4) is 0 Å². The molecule has 0 aromatic heterocycles. The minimum Gasteiger partial charge on any atom is -0.394 e. The molecule has 270 valence electrons. The largest absolute Gasteiger partial charge is 0.394 e. The number of amides is 1. The molecule has 0 aliphatic carbocycles. The third kappa shape index (κ3) is 33.1. The topological polar surface area (TPSA) is 89.8 Å². The Balaban J connectivity index is 3.59. The van der Waals surface area contributed by atoms with E-state index in [1.807, 2.05) is 0 Å². The summed E-state index contributed by atoms with van der Waals surface area (Å²) in [6, 6.07) is -0.651. The Labute approximate surface area is 281 Å². The zero-order valence-electron chi connectivity index (χ0n) is 30.5. The van der Waals surface area contributed by atoms with Crippen LogP contribution in [0.5, 0.6) is 0 Å². The standard InChI is InChI=1S/C40H81NO4/c1-3-5-7-9-11-13-15-16-17-18-19-20-21-22-24-26-28-30-32-34-39(44)38(36-42)41-40(45)35-37(43)33-31-29-27-25-23-14-12-10-8-6-4-2/h37-39,42-44H,3-36H2,1-2H3,(H,41,45). The minimum absolute atomic E-state index is 0.0419. The van der Waals surface area contributed by atoms with Crippen molar-refractivity contribution in [1.82, 2.24) is 5.32 Å². The second-order valence-corrected chi connectivity index (χ2v) is 14.3. The van der Waals surface area contributed by atoms with E-state index in [0.717, 1.165) is 25.7 Å². The summed E-state index contributed by atoms with van der Waals surface area (Å²) < 4.78 is 0. The van der Waals surface area contributed by atoms with Gasteiger partial charge < -0.3 is 20.6 Å². The molecule has 1 amide bonds. The van der Waals surface area contributed by atoms with Crippen molar-refractivity contribution >= 4 is 5.91 Å². The lowest BCUT2D eigenvalue weighted by molar-refractivity contribution is -0.125. The first kappa shape index (κ1) is 44.4. The number of hydrogen-bond donors (Lipinski definition) is 4. The summed E-state index contributed by atoms with van der Waals surface area (Å²) >= 11 is 0. The fourth-order valence-electron chi connectivity index (χ4n) is 6.52. The first-order valence-electron chi connectivity index (χ1n) is 20.3. The van der Waals surface area contributed by atoms with Crippen LogP contribution in [0, 0.1) is 0 Å². The summed E-state index contributed by atoms with van der Waals surface area (Å²) in [5.74, 6) is -0.281. The first-order valence-corrected chi connectivity index (χ1v) is 20.3. The van der Waals surface area contributed by atoms with Crippen LogP contribution in [0.15, 0.2) is 0 Å².